The molecule has 1 N–H and O–H groups in total. The molecule has 0 aliphatic heterocycles. The van der Waals surface area contributed by atoms with Crippen LogP contribution < -0.4 is 10.1 Å². The molecule has 1 amide bonds. The summed E-state index contributed by atoms with van der Waals surface area (Å²) in [5.41, 5.74) is 0.552. The number of hydrogen-bond donors (Lipinski definition) is 1. The molecule has 0 fully saturated rings. The van der Waals surface area contributed by atoms with Gasteiger partial charge in [-0.05, 0) is 50.2 Å². The van der Waals surface area contributed by atoms with E-state index in [0.717, 1.165) is 22.5 Å². The number of amides is 1. The van der Waals surface area contributed by atoms with Crippen LogP contribution in [0.2, 0.25) is 5.02 Å². The van der Waals surface area contributed by atoms with Gasteiger partial charge in [-0.15, -0.1) is 10.2 Å². The van der Waals surface area contributed by atoms with E-state index in [2.05, 4.69) is 15.5 Å². The van der Waals surface area contributed by atoms with Crippen LogP contribution in [0.5, 0.6) is 5.75 Å². The van der Waals surface area contributed by atoms with E-state index in [-0.39, 0.29) is 11.9 Å². The van der Waals surface area contributed by atoms with Crippen molar-refractivity contribution in [3.63, 3.8) is 0 Å². The van der Waals surface area contributed by atoms with Crippen molar-refractivity contribution >= 4 is 29.3 Å². The zero-order valence-electron chi connectivity index (χ0n) is 16.3. The van der Waals surface area contributed by atoms with Gasteiger partial charge in [0.2, 0.25) is 0 Å². The molecule has 8 heteroatoms. The zero-order chi connectivity index (χ0) is 20.6. The summed E-state index contributed by atoms with van der Waals surface area (Å²) in [4.78, 5) is 12.5. The number of ether oxygens (including phenoxy) is 1. The highest BCUT2D eigenvalue weighted by atomic mass is 35.5. The lowest BCUT2D eigenvalue weighted by Gasteiger charge is -2.15. The molecule has 0 saturated heterocycles. The fourth-order valence-corrected chi connectivity index (χ4v) is 3.73. The van der Waals surface area contributed by atoms with Gasteiger partial charge in [0.05, 0.1) is 12.6 Å². The highest BCUT2D eigenvalue weighted by Gasteiger charge is 2.19. The number of hydrogen-bond acceptors (Lipinski definition) is 5. The maximum Gasteiger partial charge on any atom is 0.251 e. The zero-order valence-corrected chi connectivity index (χ0v) is 17.9. The molecule has 6 nitrogen and oxygen atoms in total. The normalized spacial score (nSPS) is 11.8. The van der Waals surface area contributed by atoms with Crippen LogP contribution in [0.15, 0.2) is 59.8 Å². The summed E-state index contributed by atoms with van der Waals surface area (Å²) in [7, 11) is 0. The fraction of sp³-hybridized carbons (Fsp3) is 0.286. The first kappa shape index (κ1) is 21.2. The average Bonchev–Trinajstić information content (AvgIpc) is 3.15. The van der Waals surface area contributed by atoms with Crippen molar-refractivity contribution in [1.82, 2.24) is 20.1 Å². The van der Waals surface area contributed by atoms with Crippen molar-refractivity contribution in [2.75, 3.05) is 12.4 Å². The predicted molar refractivity (Wildman–Crippen MR) is 116 cm³/mol. The molecule has 1 heterocycles. The van der Waals surface area contributed by atoms with Gasteiger partial charge in [-0.3, -0.25) is 4.79 Å². The molecule has 152 valence electrons. The van der Waals surface area contributed by atoms with Gasteiger partial charge in [0.25, 0.3) is 5.91 Å². The largest absolute Gasteiger partial charge is 0.493 e. The number of benzene rings is 2. The first-order valence-corrected chi connectivity index (χ1v) is 10.7. The Bertz CT molecular complexity index is 932. The van der Waals surface area contributed by atoms with Crippen LogP contribution >= 0.6 is 23.4 Å². The summed E-state index contributed by atoms with van der Waals surface area (Å²) in [6.45, 7) is 5.22. The lowest BCUT2D eigenvalue weighted by Crippen LogP contribution is -2.28. The lowest BCUT2D eigenvalue weighted by atomic mass is 10.2. The third-order valence-electron chi connectivity index (χ3n) is 4.23. The van der Waals surface area contributed by atoms with Gasteiger partial charge >= 0.3 is 0 Å². The first-order chi connectivity index (χ1) is 14.1. The predicted octanol–water partition coefficient (Wildman–Crippen LogP) is 4.61. The molecule has 0 unspecified atom stereocenters. The van der Waals surface area contributed by atoms with Gasteiger partial charge in [0.15, 0.2) is 11.0 Å². The van der Waals surface area contributed by atoms with Gasteiger partial charge in [-0.1, -0.05) is 41.6 Å². The van der Waals surface area contributed by atoms with Crippen molar-refractivity contribution in [3.8, 4) is 5.75 Å². The molecular weight excluding hydrogens is 408 g/mol. The van der Waals surface area contributed by atoms with Crippen LogP contribution in [-0.2, 0) is 6.54 Å². The first-order valence-electron chi connectivity index (χ1n) is 9.38. The van der Waals surface area contributed by atoms with Gasteiger partial charge in [-0.25, -0.2) is 0 Å². The number of para-hydroxylation sites is 1. The Balaban J connectivity index is 1.57. The number of nitrogens with one attached hydrogen (secondary N) is 1. The summed E-state index contributed by atoms with van der Waals surface area (Å²) >= 11 is 7.47. The quantitative estimate of drug-likeness (QED) is 0.396. The molecular formula is C21H23ClN4O2S. The summed E-state index contributed by atoms with van der Waals surface area (Å²) in [5.74, 6) is 2.15. The van der Waals surface area contributed by atoms with Crippen molar-refractivity contribution < 1.29 is 9.53 Å². The van der Waals surface area contributed by atoms with Crippen molar-refractivity contribution in [3.05, 3.63) is 71.0 Å². The maximum atomic E-state index is 12.5. The van der Waals surface area contributed by atoms with Crippen LogP contribution in [-0.4, -0.2) is 33.0 Å². The van der Waals surface area contributed by atoms with Crippen LogP contribution in [0.3, 0.4) is 0 Å². The SMILES string of the molecule is CCn1c(SCCOc2ccccc2)nnc1[C@H](C)NC(=O)c1ccc(Cl)cc1. The monoisotopic (exact) mass is 430 g/mol. The number of halogens is 1. The molecule has 1 aromatic heterocycles. The Morgan fingerprint density at radius 2 is 1.90 bits per heavy atom. The highest BCUT2D eigenvalue weighted by Crippen LogP contribution is 2.21. The number of thioether (sulfide) groups is 1. The van der Waals surface area contributed by atoms with Gasteiger partial charge in [-0.2, -0.15) is 0 Å². The van der Waals surface area contributed by atoms with Crippen molar-refractivity contribution in [2.45, 2.75) is 31.6 Å². The number of nitrogens with zero attached hydrogens (tertiary/aromatic N) is 3. The van der Waals surface area contributed by atoms with E-state index < -0.39 is 0 Å². The third-order valence-corrected chi connectivity index (χ3v) is 5.41. The maximum absolute atomic E-state index is 12.5. The molecule has 0 saturated carbocycles. The van der Waals surface area contributed by atoms with Crippen LogP contribution in [0.4, 0.5) is 0 Å². The van der Waals surface area contributed by atoms with Gasteiger partial charge in [0.1, 0.15) is 5.75 Å². The number of rotatable bonds is 9. The smallest absolute Gasteiger partial charge is 0.251 e. The molecule has 1 atom stereocenters. The van der Waals surface area contributed by atoms with E-state index in [1.54, 1.807) is 36.0 Å². The molecule has 3 rings (SSSR count). The molecule has 0 radical (unpaired) electrons. The second kappa shape index (κ2) is 10.3. The Kier molecular flexibility index (Phi) is 7.55. The molecule has 29 heavy (non-hydrogen) atoms. The molecule has 0 aliphatic rings. The Labute approximate surface area is 179 Å². The fourth-order valence-electron chi connectivity index (χ4n) is 2.78. The van der Waals surface area contributed by atoms with E-state index in [0.29, 0.717) is 23.7 Å². The summed E-state index contributed by atoms with van der Waals surface area (Å²) in [6.07, 6.45) is 0. The number of aromatic nitrogens is 3. The Morgan fingerprint density at radius 3 is 2.59 bits per heavy atom. The van der Waals surface area contributed by atoms with E-state index in [9.17, 15) is 4.79 Å². The van der Waals surface area contributed by atoms with Crippen molar-refractivity contribution in [1.29, 1.82) is 0 Å². The minimum Gasteiger partial charge on any atom is -0.493 e. The molecule has 2 aromatic carbocycles. The van der Waals surface area contributed by atoms with Crippen LogP contribution in [0.1, 0.15) is 36.1 Å². The molecule has 0 bridgehead atoms. The van der Waals surface area contributed by atoms with Crippen LogP contribution in [0, 0.1) is 0 Å². The summed E-state index contributed by atoms with van der Waals surface area (Å²) in [5, 5.41) is 13.0. The second-order valence-corrected chi connectivity index (χ2v) is 7.80. The Hall–Kier alpha value is -2.51. The van der Waals surface area contributed by atoms with Gasteiger partial charge < -0.3 is 14.6 Å². The molecule has 0 spiro atoms. The minimum atomic E-state index is -0.277. The summed E-state index contributed by atoms with van der Waals surface area (Å²) < 4.78 is 7.73. The average molecular weight is 431 g/mol. The van der Waals surface area contributed by atoms with Crippen LogP contribution in [0.25, 0.3) is 0 Å². The van der Waals surface area contributed by atoms with E-state index in [4.69, 9.17) is 16.3 Å². The molecule has 3 aromatic rings. The van der Waals surface area contributed by atoms with Gasteiger partial charge in [0, 0.05) is 22.9 Å². The Morgan fingerprint density at radius 1 is 1.17 bits per heavy atom. The van der Waals surface area contributed by atoms with E-state index in [1.165, 1.54) is 0 Å². The third kappa shape index (κ3) is 5.74. The standard InChI is InChI=1S/C21H23ClN4O2S/c1-3-26-19(15(2)23-20(27)16-9-11-17(22)12-10-16)24-25-21(26)29-14-13-28-18-7-5-4-6-8-18/h4-12,15H,3,13-14H2,1-2H3,(H,23,27)/t15-/m0/s1. The lowest BCUT2D eigenvalue weighted by molar-refractivity contribution is 0.0937. The number of carbonyl (C=O) groups excluding carboxylic acids is 1. The van der Waals surface area contributed by atoms with E-state index >= 15 is 0 Å². The topological polar surface area (TPSA) is 69.0 Å². The van der Waals surface area contributed by atoms with E-state index in [1.807, 2.05) is 48.7 Å². The molecule has 0 aliphatic carbocycles. The second-order valence-electron chi connectivity index (χ2n) is 6.30. The summed E-state index contributed by atoms with van der Waals surface area (Å²) in [6, 6.07) is 16.2. The van der Waals surface area contributed by atoms with Crippen molar-refractivity contribution in [2.24, 2.45) is 0 Å². The number of carbonyl (C=O) groups is 1. The minimum absolute atomic E-state index is 0.176. The highest BCUT2D eigenvalue weighted by molar-refractivity contribution is 7.99.